The Balaban J connectivity index is 2.65. The molecule has 0 atom stereocenters. The molecule has 0 radical (unpaired) electrons. The standard InChI is InChI=1S/C11H15BrN2/c1-14-7-3-2-4-9-8-10(12)5-6-11(9)13/h2,4-6,8,14H,3,7,13H2,1H3. The minimum Gasteiger partial charge on any atom is -0.398 e. The molecule has 0 saturated carbocycles. The Morgan fingerprint density at radius 3 is 3.00 bits per heavy atom. The predicted molar refractivity (Wildman–Crippen MR) is 66.1 cm³/mol. The lowest BCUT2D eigenvalue weighted by Crippen LogP contribution is -2.05. The number of anilines is 1. The Labute approximate surface area is 93.3 Å². The number of nitrogens with two attached hydrogens (primary N) is 1. The second-order valence-corrected chi connectivity index (χ2v) is 3.98. The number of hydrogen-bond donors (Lipinski definition) is 2. The fraction of sp³-hybridized carbons (Fsp3) is 0.273. The molecule has 0 aliphatic carbocycles. The van der Waals surface area contributed by atoms with Crippen molar-refractivity contribution in [3.05, 3.63) is 34.3 Å². The van der Waals surface area contributed by atoms with E-state index in [2.05, 4.69) is 33.4 Å². The Hall–Kier alpha value is -0.800. The van der Waals surface area contributed by atoms with Gasteiger partial charge >= 0.3 is 0 Å². The fourth-order valence-corrected chi connectivity index (χ4v) is 1.51. The zero-order valence-corrected chi connectivity index (χ0v) is 9.84. The molecule has 3 heteroatoms. The van der Waals surface area contributed by atoms with Gasteiger partial charge in [0.1, 0.15) is 0 Å². The third-order valence-electron chi connectivity index (χ3n) is 1.91. The van der Waals surface area contributed by atoms with Gasteiger partial charge in [0.05, 0.1) is 0 Å². The maximum Gasteiger partial charge on any atom is 0.0388 e. The van der Waals surface area contributed by atoms with Crippen LogP contribution in [0.5, 0.6) is 0 Å². The average molecular weight is 255 g/mol. The van der Waals surface area contributed by atoms with Gasteiger partial charge in [-0.15, -0.1) is 0 Å². The summed E-state index contributed by atoms with van der Waals surface area (Å²) in [4.78, 5) is 0. The lowest BCUT2D eigenvalue weighted by molar-refractivity contribution is 0.809. The quantitative estimate of drug-likeness (QED) is 0.641. The first kappa shape index (κ1) is 11.3. The second kappa shape index (κ2) is 5.83. The Morgan fingerprint density at radius 2 is 2.29 bits per heavy atom. The first-order valence-electron chi connectivity index (χ1n) is 4.60. The minimum atomic E-state index is 0.814. The van der Waals surface area contributed by atoms with Crippen LogP contribution >= 0.6 is 15.9 Å². The Bertz CT molecular complexity index is 321. The molecule has 1 rings (SSSR count). The molecule has 0 spiro atoms. The van der Waals surface area contributed by atoms with Gasteiger partial charge in [0, 0.05) is 10.2 Å². The summed E-state index contributed by atoms with van der Waals surface area (Å²) < 4.78 is 1.06. The fourth-order valence-electron chi connectivity index (χ4n) is 1.13. The highest BCUT2D eigenvalue weighted by Gasteiger charge is 1.94. The average Bonchev–Trinajstić information content (AvgIpc) is 2.18. The number of rotatable bonds is 4. The maximum absolute atomic E-state index is 5.82. The molecule has 76 valence electrons. The van der Waals surface area contributed by atoms with E-state index in [1.807, 2.05) is 25.2 Å². The van der Waals surface area contributed by atoms with Gasteiger partial charge in [-0.25, -0.2) is 0 Å². The molecule has 0 heterocycles. The van der Waals surface area contributed by atoms with E-state index in [-0.39, 0.29) is 0 Å². The molecule has 0 saturated heterocycles. The van der Waals surface area contributed by atoms with Crippen molar-refractivity contribution in [1.29, 1.82) is 0 Å². The molecular formula is C11H15BrN2. The Kier molecular flexibility index (Phi) is 4.70. The van der Waals surface area contributed by atoms with Crippen LogP contribution in [0, 0.1) is 0 Å². The molecule has 1 aromatic carbocycles. The molecule has 0 amide bonds. The first-order chi connectivity index (χ1) is 6.74. The van der Waals surface area contributed by atoms with E-state index >= 15 is 0 Å². The van der Waals surface area contributed by atoms with Crippen LogP contribution in [-0.2, 0) is 0 Å². The molecular weight excluding hydrogens is 240 g/mol. The molecule has 0 aromatic heterocycles. The van der Waals surface area contributed by atoms with Gasteiger partial charge in [0.15, 0.2) is 0 Å². The number of benzene rings is 1. The molecule has 0 unspecified atom stereocenters. The van der Waals surface area contributed by atoms with E-state index < -0.39 is 0 Å². The number of nitrogen functional groups attached to an aromatic ring is 1. The van der Waals surface area contributed by atoms with Gasteiger partial charge < -0.3 is 11.1 Å². The van der Waals surface area contributed by atoms with Gasteiger partial charge in [-0.05, 0) is 43.8 Å². The van der Waals surface area contributed by atoms with E-state index in [0.29, 0.717) is 0 Å². The third kappa shape index (κ3) is 3.52. The first-order valence-corrected chi connectivity index (χ1v) is 5.39. The number of hydrogen-bond acceptors (Lipinski definition) is 2. The Morgan fingerprint density at radius 1 is 1.50 bits per heavy atom. The smallest absolute Gasteiger partial charge is 0.0388 e. The predicted octanol–water partition coefficient (Wildman–Crippen LogP) is 2.65. The summed E-state index contributed by atoms with van der Waals surface area (Å²) in [6.07, 6.45) is 5.19. The van der Waals surface area contributed by atoms with E-state index in [1.165, 1.54) is 0 Å². The molecule has 0 aliphatic rings. The summed E-state index contributed by atoms with van der Waals surface area (Å²) in [7, 11) is 1.95. The van der Waals surface area contributed by atoms with Crippen molar-refractivity contribution < 1.29 is 0 Å². The molecule has 14 heavy (non-hydrogen) atoms. The SMILES string of the molecule is CNCCC=Cc1cc(Br)ccc1N. The van der Waals surface area contributed by atoms with Gasteiger partial charge in [-0.2, -0.15) is 0 Å². The molecule has 0 fully saturated rings. The monoisotopic (exact) mass is 254 g/mol. The molecule has 2 nitrogen and oxygen atoms in total. The van der Waals surface area contributed by atoms with Crippen LogP contribution in [0.3, 0.4) is 0 Å². The summed E-state index contributed by atoms with van der Waals surface area (Å²) in [6, 6.07) is 5.87. The van der Waals surface area contributed by atoms with Crippen molar-refractivity contribution in [2.24, 2.45) is 0 Å². The van der Waals surface area contributed by atoms with Crippen LogP contribution in [0.15, 0.2) is 28.7 Å². The van der Waals surface area contributed by atoms with Gasteiger partial charge in [-0.1, -0.05) is 28.1 Å². The topological polar surface area (TPSA) is 38.0 Å². The third-order valence-corrected chi connectivity index (χ3v) is 2.40. The van der Waals surface area contributed by atoms with E-state index in [1.54, 1.807) is 0 Å². The van der Waals surface area contributed by atoms with Crippen LogP contribution in [0.1, 0.15) is 12.0 Å². The van der Waals surface area contributed by atoms with Gasteiger partial charge in [0.2, 0.25) is 0 Å². The van der Waals surface area contributed by atoms with Crippen molar-refractivity contribution in [3.63, 3.8) is 0 Å². The summed E-state index contributed by atoms with van der Waals surface area (Å²) >= 11 is 3.42. The van der Waals surface area contributed by atoms with E-state index in [9.17, 15) is 0 Å². The van der Waals surface area contributed by atoms with E-state index in [4.69, 9.17) is 5.73 Å². The van der Waals surface area contributed by atoms with Crippen molar-refractivity contribution in [2.45, 2.75) is 6.42 Å². The van der Waals surface area contributed by atoms with Crippen molar-refractivity contribution in [1.82, 2.24) is 5.32 Å². The summed E-state index contributed by atoms with van der Waals surface area (Å²) in [5.41, 5.74) is 7.70. The molecule has 3 N–H and O–H groups in total. The van der Waals surface area contributed by atoms with Crippen LogP contribution in [0.25, 0.3) is 6.08 Å². The zero-order valence-electron chi connectivity index (χ0n) is 8.26. The highest BCUT2D eigenvalue weighted by atomic mass is 79.9. The molecule has 1 aromatic rings. The highest BCUT2D eigenvalue weighted by Crippen LogP contribution is 2.19. The minimum absolute atomic E-state index is 0.814. The lowest BCUT2D eigenvalue weighted by atomic mass is 10.1. The normalized spacial score (nSPS) is 11.0. The van der Waals surface area contributed by atoms with Crippen LogP contribution in [-0.4, -0.2) is 13.6 Å². The van der Waals surface area contributed by atoms with Gasteiger partial charge in [0.25, 0.3) is 0 Å². The van der Waals surface area contributed by atoms with Crippen molar-refractivity contribution >= 4 is 27.7 Å². The summed E-state index contributed by atoms with van der Waals surface area (Å²) in [6.45, 7) is 0.990. The largest absolute Gasteiger partial charge is 0.398 e. The highest BCUT2D eigenvalue weighted by molar-refractivity contribution is 9.10. The molecule has 0 bridgehead atoms. The van der Waals surface area contributed by atoms with Crippen molar-refractivity contribution in [2.75, 3.05) is 19.3 Å². The summed E-state index contributed by atoms with van der Waals surface area (Å²) in [5, 5.41) is 3.09. The van der Waals surface area contributed by atoms with Crippen LogP contribution < -0.4 is 11.1 Å². The maximum atomic E-state index is 5.82. The lowest BCUT2D eigenvalue weighted by Gasteiger charge is -2.00. The van der Waals surface area contributed by atoms with Crippen LogP contribution in [0.2, 0.25) is 0 Å². The second-order valence-electron chi connectivity index (χ2n) is 3.07. The van der Waals surface area contributed by atoms with E-state index in [0.717, 1.165) is 28.7 Å². The summed E-state index contributed by atoms with van der Waals surface area (Å²) in [5.74, 6) is 0. The van der Waals surface area contributed by atoms with Gasteiger partial charge in [-0.3, -0.25) is 0 Å². The molecule has 0 aliphatic heterocycles. The number of halogens is 1. The van der Waals surface area contributed by atoms with Crippen LogP contribution in [0.4, 0.5) is 5.69 Å². The van der Waals surface area contributed by atoms with Crippen molar-refractivity contribution in [3.8, 4) is 0 Å². The zero-order chi connectivity index (χ0) is 10.4. The number of nitrogens with one attached hydrogen (secondary N) is 1.